The molecule has 0 aliphatic carbocycles. The molecule has 0 aliphatic rings. The Morgan fingerprint density at radius 1 is 1.03 bits per heavy atom. The quantitative estimate of drug-likeness (QED) is 0.489. The van der Waals surface area contributed by atoms with Crippen LogP contribution in [0.5, 0.6) is 11.5 Å². The number of benzene rings is 2. The number of methoxy groups -OCH3 is 2. The molecule has 30 heavy (non-hydrogen) atoms. The third kappa shape index (κ3) is 4.71. The maximum atomic E-state index is 12.3. The van der Waals surface area contributed by atoms with Crippen LogP contribution in [-0.2, 0) is 11.3 Å². The van der Waals surface area contributed by atoms with Crippen molar-refractivity contribution in [2.75, 3.05) is 32.2 Å². The lowest BCUT2D eigenvalue weighted by molar-refractivity contribution is 0.0430. The summed E-state index contributed by atoms with van der Waals surface area (Å²) in [6, 6.07) is 12.6. The summed E-state index contributed by atoms with van der Waals surface area (Å²) in [6.07, 6.45) is 0. The molecule has 1 aromatic heterocycles. The highest BCUT2D eigenvalue weighted by atomic mass is 16.6. The molecule has 1 heterocycles. The van der Waals surface area contributed by atoms with Crippen LogP contribution in [0.25, 0.3) is 11.4 Å². The first-order valence-electron chi connectivity index (χ1n) is 9.66. The minimum atomic E-state index is -0.456. The second-order valence-electron chi connectivity index (χ2n) is 6.37. The third-order valence-electron chi connectivity index (χ3n) is 4.68. The molecule has 0 aliphatic heterocycles. The van der Waals surface area contributed by atoms with E-state index in [-0.39, 0.29) is 12.5 Å². The second-order valence-corrected chi connectivity index (χ2v) is 6.37. The van der Waals surface area contributed by atoms with Crippen LogP contribution in [0.1, 0.15) is 30.1 Å². The summed E-state index contributed by atoms with van der Waals surface area (Å²) in [5.41, 5.74) is 2.17. The summed E-state index contributed by atoms with van der Waals surface area (Å²) in [5, 5.41) is 3.95. The van der Waals surface area contributed by atoms with E-state index >= 15 is 0 Å². The zero-order valence-corrected chi connectivity index (χ0v) is 17.5. The van der Waals surface area contributed by atoms with Crippen molar-refractivity contribution in [1.82, 2.24) is 10.1 Å². The number of hydrogen-bond donors (Lipinski definition) is 0. The Balaban J connectivity index is 1.65. The monoisotopic (exact) mass is 411 g/mol. The average molecular weight is 411 g/mol. The molecule has 3 aromatic rings. The highest BCUT2D eigenvalue weighted by Gasteiger charge is 2.16. The first-order chi connectivity index (χ1) is 14.6. The molecular formula is C22H25N3O5. The van der Waals surface area contributed by atoms with E-state index in [0.717, 1.165) is 18.8 Å². The summed E-state index contributed by atoms with van der Waals surface area (Å²) in [4.78, 5) is 18.8. The molecule has 0 spiro atoms. The van der Waals surface area contributed by atoms with Crippen molar-refractivity contribution < 1.29 is 23.5 Å². The van der Waals surface area contributed by atoms with Gasteiger partial charge in [-0.1, -0.05) is 5.16 Å². The van der Waals surface area contributed by atoms with Gasteiger partial charge in [0, 0.05) is 24.8 Å². The van der Waals surface area contributed by atoms with Crippen molar-refractivity contribution in [2.24, 2.45) is 0 Å². The van der Waals surface area contributed by atoms with Gasteiger partial charge in [0.15, 0.2) is 6.61 Å². The van der Waals surface area contributed by atoms with Gasteiger partial charge in [0.1, 0.15) is 11.5 Å². The third-order valence-corrected chi connectivity index (χ3v) is 4.68. The maximum absolute atomic E-state index is 12.3. The molecule has 0 saturated carbocycles. The highest BCUT2D eigenvalue weighted by Crippen LogP contribution is 2.31. The Morgan fingerprint density at radius 2 is 1.77 bits per heavy atom. The summed E-state index contributed by atoms with van der Waals surface area (Å²) in [5.74, 6) is 1.27. The Morgan fingerprint density at radius 3 is 2.40 bits per heavy atom. The van der Waals surface area contributed by atoms with Crippen molar-refractivity contribution in [3.05, 3.63) is 53.9 Å². The van der Waals surface area contributed by atoms with Crippen molar-refractivity contribution in [3.63, 3.8) is 0 Å². The summed E-state index contributed by atoms with van der Waals surface area (Å²) in [7, 11) is 3.12. The summed E-state index contributed by atoms with van der Waals surface area (Å²) >= 11 is 0. The number of anilines is 1. The zero-order valence-electron chi connectivity index (χ0n) is 17.5. The molecule has 8 heteroatoms. The fraction of sp³-hybridized carbons (Fsp3) is 0.318. The predicted octanol–water partition coefficient (Wildman–Crippen LogP) is 3.96. The van der Waals surface area contributed by atoms with E-state index in [4.69, 9.17) is 18.7 Å². The van der Waals surface area contributed by atoms with Crippen LogP contribution >= 0.6 is 0 Å². The Labute approximate surface area is 175 Å². The number of ether oxygens (including phenoxy) is 3. The van der Waals surface area contributed by atoms with Crippen LogP contribution in [0.3, 0.4) is 0 Å². The van der Waals surface area contributed by atoms with Crippen LogP contribution in [0.2, 0.25) is 0 Å². The van der Waals surface area contributed by atoms with Gasteiger partial charge in [-0.05, 0) is 50.2 Å². The van der Waals surface area contributed by atoms with E-state index in [1.807, 2.05) is 12.1 Å². The summed E-state index contributed by atoms with van der Waals surface area (Å²) in [6.45, 7) is 5.86. The topological polar surface area (TPSA) is 86.9 Å². The van der Waals surface area contributed by atoms with Crippen LogP contribution < -0.4 is 14.4 Å². The first-order valence-corrected chi connectivity index (χ1v) is 9.66. The molecule has 0 bridgehead atoms. The number of aromatic nitrogens is 2. The standard InChI is InChI=1S/C22H25N3O5/c1-5-25(6-2)16-9-7-15(8-10-16)22(26)29-14-20-23-21(24-30-20)18-12-11-17(27-3)13-19(18)28-4/h7-13H,5-6,14H2,1-4H3. The lowest BCUT2D eigenvalue weighted by Crippen LogP contribution is -2.21. The summed E-state index contributed by atoms with van der Waals surface area (Å²) < 4.78 is 21.1. The van der Waals surface area contributed by atoms with Crippen LogP contribution in [-0.4, -0.2) is 43.4 Å². The van der Waals surface area contributed by atoms with Gasteiger partial charge in [-0.3, -0.25) is 0 Å². The van der Waals surface area contributed by atoms with E-state index in [0.29, 0.717) is 28.5 Å². The van der Waals surface area contributed by atoms with Gasteiger partial charge in [-0.2, -0.15) is 4.98 Å². The smallest absolute Gasteiger partial charge is 0.338 e. The Bertz CT molecular complexity index is 981. The van der Waals surface area contributed by atoms with Crippen LogP contribution in [0, 0.1) is 0 Å². The van der Waals surface area contributed by atoms with Gasteiger partial charge in [0.25, 0.3) is 5.89 Å². The fourth-order valence-electron chi connectivity index (χ4n) is 3.01. The van der Waals surface area contributed by atoms with Crippen molar-refractivity contribution in [1.29, 1.82) is 0 Å². The largest absolute Gasteiger partial charge is 0.497 e. The minimum absolute atomic E-state index is 0.123. The van der Waals surface area contributed by atoms with E-state index in [1.54, 1.807) is 44.6 Å². The SMILES string of the molecule is CCN(CC)c1ccc(C(=O)OCc2nc(-c3ccc(OC)cc3OC)no2)cc1. The number of hydrogen-bond acceptors (Lipinski definition) is 8. The van der Waals surface area contributed by atoms with Gasteiger partial charge in [0.05, 0.1) is 25.3 Å². The van der Waals surface area contributed by atoms with E-state index in [9.17, 15) is 4.79 Å². The molecule has 0 N–H and O–H groups in total. The Kier molecular flexibility index (Phi) is 6.90. The zero-order chi connectivity index (χ0) is 21.5. The van der Waals surface area contributed by atoms with Gasteiger partial charge in [-0.25, -0.2) is 4.79 Å². The first kappa shape index (κ1) is 21.2. The van der Waals surface area contributed by atoms with E-state index < -0.39 is 5.97 Å². The second kappa shape index (κ2) is 9.78. The molecule has 0 radical (unpaired) electrons. The lowest BCUT2D eigenvalue weighted by atomic mass is 10.2. The molecule has 0 atom stereocenters. The van der Waals surface area contributed by atoms with Crippen molar-refractivity contribution in [2.45, 2.75) is 20.5 Å². The van der Waals surface area contributed by atoms with E-state index in [2.05, 4.69) is 28.9 Å². The average Bonchev–Trinajstić information content (AvgIpc) is 3.27. The van der Waals surface area contributed by atoms with Gasteiger partial charge in [-0.15, -0.1) is 0 Å². The number of nitrogens with zero attached hydrogens (tertiary/aromatic N) is 3. The number of carbonyl (C=O) groups excluding carboxylic acids is 1. The lowest BCUT2D eigenvalue weighted by Gasteiger charge is -2.20. The highest BCUT2D eigenvalue weighted by molar-refractivity contribution is 5.89. The van der Waals surface area contributed by atoms with Crippen LogP contribution in [0.4, 0.5) is 5.69 Å². The van der Waals surface area contributed by atoms with Gasteiger partial charge >= 0.3 is 5.97 Å². The van der Waals surface area contributed by atoms with Gasteiger partial charge in [0.2, 0.25) is 5.82 Å². The molecule has 0 unspecified atom stereocenters. The minimum Gasteiger partial charge on any atom is -0.497 e. The molecule has 158 valence electrons. The van der Waals surface area contributed by atoms with E-state index in [1.165, 1.54) is 0 Å². The van der Waals surface area contributed by atoms with Crippen LogP contribution in [0.15, 0.2) is 47.0 Å². The Hall–Kier alpha value is -3.55. The number of carbonyl (C=O) groups is 1. The van der Waals surface area contributed by atoms with Gasteiger partial charge < -0.3 is 23.6 Å². The fourth-order valence-corrected chi connectivity index (χ4v) is 3.01. The van der Waals surface area contributed by atoms with Crippen molar-refractivity contribution >= 4 is 11.7 Å². The molecule has 0 amide bonds. The molecule has 2 aromatic carbocycles. The molecule has 3 rings (SSSR count). The normalized spacial score (nSPS) is 10.5. The molecule has 8 nitrogen and oxygen atoms in total. The predicted molar refractivity (Wildman–Crippen MR) is 112 cm³/mol. The van der Waals surface area contributed by atoms with Crippen molar-refractivity contribution in [3.8, 4) is 22.9 Å². The number of esters is 1. The maximum Gasteiger partial charge on any atom is 0.338 e. The molecule has 0 fully saturated rings. The molecular weight excluding hydrogens is 386 g/mol. The number of rotatable bonds is 9. The molecule has 0 saturated heterocycles.